The molecular formula is C15H20N3O5-. The van der Waals surface area contributed by atoms with E-state index in [1.54, 1.807) is 24.3 Å². The van der Waals surface area contributed by atoms with Crippen molar-refractivity contribution >= 4 is 18.1 Å². The Kier molecular flexibility index (Phi) is 7.98. The molecule has 1 aromatic carbocycles. The van der Waals surface area contributed by atoms with E-state index in [9.17, 15) is 19.5 Å². The van der Waals surface area contributed by atoms with E-state index >= 15 is 0 Å². The van der Waals surface area contributed by atoms with Crippen LogP contribution in [0, 0.1) is 0 Å². The van der Waals surface area contributed by atoms with Crippen molar-refractivity contribution in [2.45, 2.75) is 31.9 Å². The molecule has 0 heterocycles. The average molecular weight is 322 g/mol. The van der Waals surface area contributed by atoms with Gasteiger partial charge in [-0.05, 0) is 24.8 Å². The van der Waals surface area contributed by atoms with Crippen LogP contribution in [0.1, 0.15) is 24.8 Å². The molecule has 4 N–H and O–H groups in total. The molecule has 126 valence electrons. The number of unbranched alkanes of at least 4 members (excludes halogenated alkanes) is 1. The number of hydrogen-bond donors (Lipinski definition) is 3. The number of primary amides is 1. The fourth-order valence-corrected chi connectivity index (χ4v) is 1.84. The summed E-state index contributed by atoms with van der Waals surface area (Å²) in [6.07, 6.45) is 0.354. The third-order valence-corrected chi connectivity index (χ3v) is 3.01. The molecule has 0 saturated heterocycles. The molecule has 0 unspecified atom stereocenters. The number of amides is 3. The molecule has 0 fully saturated rings. The van der Waals surface area contributed by atoms with E-state index in [-0.39, 0.29) is 13.0 Å². The van der Waals surface area contributed by atoms with Crippen molar-refractivity contribution in [1.82, 2.24) is 10.6 Å². The van der Waals surface area contributed by atoms with Gasteiger partial charge in [0.15, 0.2) is 0 Å². The number of ether oxygens (including phenoxy) is 1. The van der Waals surface area contributed by atoms with Crippen LogP contribution in [0.3, 0.4) is 0 Å². The molecule has 0 radical (unpaired) electrons. The zero-order chi connectivity index (χ0) is 17.1. The Hall–Kier alpha value is -2.77. The van der Waals surface area contributed by atoms with E-state index < -0.39 is 24.1 Å². The summed E-state index contributed by atoms with van der Waals surface area (Å²) in [5.41, 5.74) is 5.70. The lowest BCUT2D eigenvalue weighted by Gasteiger charge is -2.19. The van der Waals surface area contributed by atoms with E-state index in [2.05, 4.69) is 10.6 Å². The SMILES string of the molecule is NC(=O)NCCCC[C@@H](NC(=O)OCc1ccccc1)C(=O)[O-]. The number of hydrogen-bond acceptors (Lipinski definition) is 5. The number of benzene rings is 1. The van der Waals surface area contributed by atoms with Crippen molar-refractivity contribution < 1.29 is 24.2 Å². The Morgan fingerprint density at radius 1 is 1.17 bits per heavy atom. The third-order valence-electron chi connectivity index (χ3n) is 3.01. The molecule has 8 heteroatoms. The van der Waals surface area contributed by atoms with Crippen molar-refractivity contribution in [3.8, 4) is 0 Å². The Morgan fingerprint density at radius 3 is 2.48 bits per heavy atom. The summed E-state index contributed by atoms with van der Waals surface area (Å²) in [5.74, 6) is -1.38. The Morgan fingerprint density at radius 2 is 1.87 bits per heavy atom. The minimum atomic E-state index is -1.38. The molecule has 1 atom stereocenters. The molecule has 0 spiro atoms. The van der Waals surface area contributed by atoms with Crippen LogP contribution in [0.2, 0.25) is 0 Å². The number of nitrogens with two attached hydrogens (primary N) is 1. The summed E-state index contributed by atoms with van der Waals surface area (Å²) in [7, 11) is 0. The first-order valence-electron chi connectivity index (χ1n) is 7.20. The smallest absolute Gasteiger partial charge is 0.407 e. The van der Waals surface area contributed by atoms with Gasteiger partial charge in [-0.3, -0.25) is 0 Å². The first kappa shape index (κ1) is 18.3. The van der Waals surface area contributed by atoms with Gasteiger partial charge < -0.3 is 31.0 Å². The maximum atomic E-state index is 11.6. The first-order chi connectivity index (χ1) is 11.0. The fourth-order valence-electron chi connectivity index (χ4n) is 1.84. The van der Waals surface area contributed by atoms with Crippen LogP contribution in [0.15, 0.2) is 30.3 Å². The second-order valence-corrected chi connectivity index (χ2v) is 4.86. The number of nitrogens with one attached hydrogen (secondary N) is 2. The van der Waals surface area contributed by atoms with Gasteiger partial charge in [0, 0.05) is 6.54 Å². The summed E-state index contributed by atoms with van der Waals surface area (Å²) in [6, 6.07) is 7.24. The second kappa shape index (κ2) is 10.0. The molecule has 1 rings (SSSR count). The second-order valence-electron chi connectivity index (χ2n) is 4.86. The zero-order valence-corrected chi connectivity index (χ0v) is 12.6. The number of rotatable bonds is 9. The maximum absolute atomic E-state index is 11.6. The third kappa shape index (κ3) is 8.30. The number of carboxylic acid groups (broad SMARTS) is 1. The summed E-state index contributed by atoms with van der Waals surface area (Å²) < 4.78 is 4.95. The standard InChI is InChI=1S/C15H21N3O5/c16-14(21)17-9-5-4-8-12(13(19)20)18-15(22)23-10-11-6-2-1-3-7-11/h1-3,6-7,12H,4-5,8-10H2,(H,18,22)(H,19,20)(H3,16,17,21)/p-1/t12-/m1/s1. The van der Waals surface area contributed by atoms with E-state index in [0.29, 0.717) is 19.4 Å². The summed E-state index contributed by atoms with van der Waals surface area (Å²) in [5, 5.41) is 15.7. The molecule has 0 aliphatic heterocycles. The van der Waals surface area contributed by atoms with Crippen LogP contribution in [-0.4, -0.2) is 30.7 Å². The van der Waals surface area contributed by atoms with Gasteiger partial charge in [-0.1, -0.05) is 30.3 Å². The quantitative estimate of drug-likeness (QED) is 0.545. The van der Waals surface area contributed by atoms with Crippen LogP contribution in [-0.2, 0) is 16.1 Å². The predicted molar refractivity (Wildman–Crippen MR) is 80.0 cm³/mol. The average Bonchev–Trinajstić information content (AvgIpc) is 2.52. The van der Waals surface area contributed by atoms with Crippen LogP contribution >= 0.6 is 0 Å². The zero-order valence-electron chi connectivity index (χ0n) is 12.6. The summed E-state index contributed by atoms with van der Waals surface area (Å²) in [6.45, 7) is 0.391. The molecule has 3 amide bonds. The number of alkyl carbamates (subject to hydrolysis) is 1. The first-order valence-corrected chi connectivity index (χ1v) is 7.20. The molecule has 0 aliphatic rings. The fraction of sp³-hybridized carbons (Fsp3) is 0.400. The molecule has 8 nitrogen and oxygen atoms in total. The highest BCUT2D eigenvalue weighted by Gasteiger charge is 2.14. The lowest BCUT2D eigenvalue weighted by Crippen LogP contribution is -2.48. The lowest BCUT2D eigenvalue weighted by atomic mass is 10.1. The lowest BCUT2D eigenvalue weighted by molar-refractivity contribution is -0.308. The van der Waals surface area contributed by atoms with Gasteiger partial charge in [0.1, 0.15) is 6.61 Å². The topological polar surface area (TPSA) is 134 Å². The van der Waals surface area contributed by atoms with E-state index in [4.69, 9.17) is 10.5 Å². The van der Waals surface area contributed by atoms with Crippen LogP contribution < -0.4 is 21.5 Å². The highest BCUT2D eigenvalue weighted by molar-refractivity contribution is 5.78. The van der Waals surface area contributed by atoms with Gasteiger partial charge in [-0.25, -0.2) is 9.59 Å². The molecule has 0 saturated carbocycles. The molecule has 23 heavy (non-hydrogen) atoms. The molecule has 0 aromatic heterocycles. The number of carbonyl (C=O) groups excluding carboxylic acids is 3. The number of carboxylic acids is 1. The monoisotopic (exact) mass is 322 g/mol. The van der Waals surface area contributed by atoms with E-state index in [1.165, 1.54) is 0 Å². The van der Waals surface area contributed by atoms with E-state index in [1.807, 2.05) is 6.07 Å². The van der Waals surface area contributed by atoms with Crippen molar-refractivity contribution in [2.24, 2.45) is 5.73 Å². The minimum absolute atomic E-state index is 0.0506. The normalized spacial score (nSPS) is 11.3. The minimum Gasteiger partial charge on any atom is -0.548 e. The number of aliphatic carboxylic acids is 1. The Labute approximate surface area is 134 Å². The van der Waals surface area contributed by atoms with Gasteiger partial charge in [0.05, 0.1) is 12.0 Å². The van der Waals surface area contributed by atoms with Gasteiger partial charge in [0.2, 0.25) is 0 Å². The Bertz CT molecular complexity index is 521. The molecule has 1 aromatic rings. The molecule has 0 aliphatic carbocycles. The van der Waals surface area contributed by atoms with Crippen LogP contribution in [0.5, 0.6) is 0 Å². The summed E-state index contributed by atoms with van der Waals surface area (Å²) >= 11 is 0. The predicted octanol–water partition coefficient (Wildman–Crippen LogP) is -0.130. The number of carbonyl (C=O) groups is 3. The van der Waals surface area contributed by atoms with Crippen molar-refractivity contribution in [3.05, 3.63) is 35.9 Å². The highest BCUT2D eigenvalue weighted by atomic mass is 16.5. The Balaban J connectivity index is 2.29. The van der Waals surface area contributed by atoms with Crippen LogP contribution in [0.25, 0.3) is 0 Å². The van der Waals surface area contributed by atoms with Gasteiger partial charge >= 0.3 is 12.1 Å². The number of urea groups is 1. The van der Waals surface area contributed by atoms with Crippen molar-refractivity contribution in [3.63, 3.8) is 0 Å². The van der Waals surface area contributed by atoms with Crippen molar-refractivity contribution in [1.29, 1.82) is 0 Å². The largest absolute Gasteiger partial charge is 0.548 e. The van der Waals surface area contributed by atoms with Gasteiger partial charge in [-0.2, -0.15) is 0 Å². The van der Waals surface area contributed by atoms with E-state index in [0.717, 1.165) is 5.56 Å². The molecule has 0 bridgehead atoms. The van der Waals surface area contributed by atoms with Crippen molar-refractivity contribution in [2.75, 3.05) is 6.54 Å². The van der Waals surface area contributed by atoms with Crippen LogP contribution in [0.4, 0.5) is 9.59 Å². The van der Waals surface area contributed by atoms with Gasteiger partial charge in [0.25, 0.3) is 0 Å². The molecular weight excluding hydrogens is 302 g/mol. The summed E-state index contributed by atoms with van der Waals surface area (Å²) in [4.78, 5) is 33.1. The maximum Gasteiger partial charge on any atom is 0.407 e. The van der Waals surface area contributed by atoms with Gasteiger partial charge in [-0.15, -0.1) is 0 Å². The highest BCUT2D eigenvalue weighted by Crippen LogP contribution is 2.03.